The second-order valence-electron chi connectivity index (χ2n) is 11.2. The minimum Gasteiger partial charge on any atom is -0.355 e. The molecule has 5 heteroatoms. The lowest BCUT2D eigenvalue weighted by Gasteiger charge is -2.28. The van der Waals surface area contributed by atoms with Crippen LogP contribution in [0.5, 0.6) is 0 Å². The van der Waals surface area contributed by atoms with Crippen molar-refractivity contribution in [3.8, 4) is 5.69 Å². The second kappa shape index (κ2) is 7.95. The first-order valence-electron chi connectivity index (χ1n) is 14.4. The van der Waals surface area contributed by atoms with Crippen molar-refractivity contribution in [3.05, 3.63) is 133 Å². The molecule has 2 N–H and O–H groups in total. The van der Waals surface area contributed by atoms with E-state index >= 15 is 0 Å². The predicted molar refractivity (Wildman–Crippen MR) is 175 cm³/mol. The summed E-state index contributed by atoms with van der Waals surface area (Å²) in [6.45, 7) is 0. The van der Waals surface area contributed by atoms with Gasteiger partial charge in [-0.15, -0.1) is 0 Å². The average Bonchev–Trinajstić information content (AvgIpc) is 3.77. The summed E-state index contributed by atoms with van der Waals surface area (Å²) in [6.07, 6.45) is -0.0179. The summed E-state index contributed by atoms with van der Waals surface area (Å²) in [5, 5.41) is 8.76. The SMILES string of the molecule is c1ccc2c(c1)NC1N(c3ccc4[nH]c5ccc(-n6c7ccccc7c7ccccc76)cc5c4c3)c3ccccc3N21. The molecule has 1 unspecified atom stereocenters. The van der Waals surface area contributed by atoms with Crippen LogP contribution in [0, 0.1) is 0 Å². The lowest BCUT2D eigenvalue weighted by molar-refractivity contribution is 0.809. The van der Waals surface area contributed by atoms with Crippen molar-refractivity contribution >= 4 is 72.0 Å². The van der Waals surface area contributed by atoms with Crippen LogP contribution in [0.3, 0.4) is 0 Å². The maximum Gasteiger partial charge on any atom is 0.187 e. The van der Waals surface area contributed by atoms with E-state index in [9.17, 15) is 0 Å². The molecule has 6 aromatic carbocycles. The molecule has 198 valence electrons. The van der Waals surface area contributed by atoms with Crippen molar-refractivity contribution in [2.75, 3.05) is 15.1 Å². The molecule has 2 aliphatic rings. The molecule has 0 radical (unpaired) electrons. The molecule has 0 amide bonds. The van der Waals surface area contributed by atoms with Crippen molar-refractivity contribution in [1.29, 1.82) is 0 Å². The van der Waals surface area contributed by atoms with E-state index in [-0.39, 0.29) is 6.29 Å². The Hall–Kier alpha value is -5.68. The summed E-state index contributed by atoms with van der Waals surface area (Å²) < 4.78 is 2.39. The fraction of sp³-hybridized carbons (Fsp3) is 0.0270. The maximum absolute atomic E-state index is 3.77. The third-order valence-corrected chi connectivity index (χ3v) is 9.02. The van der Waals surface area contributed by atoms with E-state index in [0.29, 0.717) is 0 Å². The predicted octanol–water partition coefficient (Wildman–Crippen LogP) is 9.42. The van der Waals surface area contributed by atoms with Crippen LogP contribution >= 0.6 is 0 Å². The van der Waals surface area contributed by atoms with Gasteiger partial charge in [0.2, 0.25) is 0 Å². The molecule has 1 atom stereocenters. The van der Waals surface area contributed by atoms with Crippen LogP contribution in [-0.4, -0.2) is 15.8 Å². The molecule has 10 rings (SSSR count). The van der Waals surface area contributed by atoms with Gasteiger partial charge in [0.25, 0.3) is 0 Å². The van der Waals surface area contributed by atoms with Gasteiger partial charge in [0.05, 0.1) is 33.8 Å². The van der Waals surface area contributed by atoms with Crippen molar-refractivity contribution in [2.24, 2.45) is 0 Å². The molecule has 8 aromatic rings. The van der Waals surface area contributed by atoms with E-state index in [2.05, 4.69) is 158 Å². The summed E-state index contributed by atoms with van der Waals surface area (Å²) in [4.78, 5) is 8.50. The van der Waals surface area contributed by atoms with Gasteiger partial charge in [-0.05, 0) is 72.8 Å². The number of H-pyrrole nitrogens is 1. The first kappa shape index (κ1) is 22.1. The molecular formula is C37H25N5. The number of aromatic amines is 1. The minimum absolute atomic E-state index is 0.0179. The lowest BCUT2D eigenvalue weighted by atomic mass is 10.1. The fourth-order valence-electron chi connectivity index (χ4n) is 7.23. The zero-order chi connectivity index (χ0) is 27.4. The Bertz CT molecular complexity index is 2320. The summed E-state index contributed by atoms with van der Waals surface area (Å²) in [6, 6.07) is 48.2. The lowest BCUT2D eigenvalue weighted by Crippen LogP contribution is -2.40. The highest BCUT2D eigenvalue weighted by molar-refractivity contribution is 6.12. The van der Waals surface area contributed by atoms with Crippen LogP contribution in [-0.2, 0) is 0 Å². The van der Waals surface area contributed by atoms with Crippen LogP contribution < -0.4 is 15.1 Å². The van der Waals surface area contributed by atoms with Crippen molar-refractivity contribution < 1.29 is 0 Å². The Morgan fingerprint density at radius 1 is 0.452 bits per heavy atom. The van der Waals surface area contributed by atoms with Gasteiger partial charge in [0.1, 0.15) is 0 Å². The molecule has 2 aliphatic heterocycles. The molecule has 0 saturated heterocycles. The summed E-state index contributed by atoms with van der Waals surface area (Å²) in [5.41, 5.74) is 11.8. The number of para-hydroxylation sites is 6. The van der Waals surface area contributed by atoms with E-state index in [4.69, 9.17) is 0 Å². The number of hydrogen-bond acceptors (Lipinski definition) is 3. The van der Waals surface area contributed by atoms with Gasteiger partial charge < -0.3 is 19.8 Å². The number of anilines is 5. The largest absolute Gasteiger partial charge is 0.355 e. The highest BCUT2D eigenvalue weighted by Crippen LogP contribution is 2.53. The van der Waals surface area contributed by atoms with Gasteiger partial charge >= 0.3 is 0 Å². The smallest absolute Gasteiger partial charge is 0.187 e. The number of benzene rings is 6. The minimum atomic E-state index is -0.0179. The highest BCUT2D eigenvalue weighted by atomic mass is 15.5. The van der Waals surface area contributed by atoms with Crippen LogP contribution in [0.2, 0.25) is 0 Å². The summed E-state index contributed by atoms with van der Waals surface area (Å²) >= 11 is 0. The Kier molecular flexibility index (Phi) is 4.18. The standard InChI is InChI=1S/C37H25N5/c1-4-12-32-25(9-1)26-10-2-5-13-33(26)40(32)23-17-19-29-27(21-23)28-22-24(18-20-30(28)38-29)41-35-15-7-8-16-36(35)42-34-14-6-3-11-31(34)39-37(41)42/h1-22,37-39H. The van der Waals surface area contributed by atoms with Crippen molar-refractivity contribution in [2.45, 2.75) is 6.29 Å². The fourth-order valence-corrected chi connectivity index (χ4v) is 7.23. The van der Waals surface area contributed by atoms with E-state index in [1.165, 1.54) is 49.6 Å². The molecule has 42 heavy (non-hydrogen) atoms. The van der Waals surface area contributed by atoms with Crippen LogP contribution in [0.15, 0.2) is 133 Å². The Morgan fingerprint density at radius 2 is 1.00 bits per heavy atom. The third-order valence-electron chi connectivity index (χ3n) is 9.02. The third kappa shape index (κ3) is 2.82. The van der Waals surface area contributed by atoms with E-state index < -0.39 is 0 Å². The topological polar surface area (TPSA) is 39.2 Å². The number of aromatic nitrogens is 2. The first-order valence-corrected chi connectivity index (χ1v) is 14.4. The first-order chi connectivity index (χ1) is 20.8. The molecular weight excluding hydrogens is 514 g/mol. The van der Waals surface area contributed by atoms with E-state index in [1.54, 1.807) is 0 Å². The molecule has 0 bridgehead atoms. The van der Waals surface area contributed by atoms with E-state index in [1.807, 2.05) is 0 Å². The van der Waals surface area contributed by atoms with Gasteiger partial charge in [-0.3, -0.25) is 4.90 Å². The molecule has 0 spiro atoms. The molecule has 4 heterocycles. The van der Waals surface area contributed by atoms with Crippen LogP contribution in [0.1, 0.15) is 0 Å². The number of hydrogen-bond donors (Lipinski definition) is 2. The zero-order valence-electron chi connectivity index (χ0n) is 22.6. The summed E-state index contributed by atoms with van der Waals surface area (Å²) in [5.74, 6) is 0. The van der Waals surface area contributed by atoms with Gasteiger partial charge in [0, 0.05) is 44.0 Å². The second-order valence-corrected chi connectivity index (χ2v) is 11.2. The molecule has 2 aromatic heterocycles. The quantitative estimate of drug-likeness (QED) is 0.230. The maximum atomic E-state index is 3.77. The molecule has 0 aliphatic carbocycles. The number of fused-ring (bicyclic) bond motifs is 11. The van der Waals surface area contributed by atoms with Gasteiger partial charge in [-0.2, -0.15) is 0 Å². The number of rotatable bonds is 2. The van der Waals surface area contributed by atoms with Crippen molar-refractivity contribution in [3.63, 3.8) is 0 Å². The van der Waals surface area contributed by atoms with Crippen LogP contribution in [0.4, 0.5) is 28.4 Å². The molecule has 5 nitrogen and oxygen atoms in total. The summed E-state index contributed by atoms with van der Waals surface area (Å²) in [7, 11) is 0. The molecule has 0 saturated carbocycles. The van der Waals surface area contributed by atoms with Crippen molar-refractivity contribution in [1.82, 2.24) is 9.55 Å². The molecule has 0 fully saturated rings. The van der Waals surface area contributed by atoms with Gasteiger partial charge in [-0.25, -0.2) is 0 Å². The Morgan fingerprint density at radius 3 is 1.71 bits per heavy atom. The zero-order valence-corrected chi connectivity index (χ0v) is 22.6. The normalized spacial score (nSPS) is 15.5. The van der Waals surface area contributed by atoms with Gasteiger partial charge in [0.15, 0.2) is 6.29 Å². The monoisotopic (exact) mass is 539 g/mol. The Labute approximate surface area is 241 Å². The van der Waals surface area contributed by atoms with E-state index in [0.717, 1.165) is 28.1 Å². The highest BCUT2D eigenvalue weighted by Gasteiger charge is 2.42. The van der Waals surface area contributed by atoms with Crippen LogP contribution in [0.25, 0.3) is 49.3 Å². The van der Waals surface area contributed by atoms with Gasteiger partial charge in [-0.1, -0.05) is 60.7 Å². The average molecular weight is 540 g/mol. The Balaban J connectivity index is 1.17. The number of nitrogens with zero attached hydrogens (tertiary/aromatic N) is 3. The number of nitrogens with one attached hydrogen (secondary N) is 2.